The van der Waals surface area contributed by atoms with Gasteiger partial charge in [0.1, 0.15) is 5.82 Å². The highest BCUT2D eigenvalue weighted by atomic mass is 19.1. The van der Waals surface area contributed by atoms with Crippen molar-refractivity contribution in [1.29, 1.82) is 0 Å². The molecular formula is C18H18FN3O4. The Bertz CT molecular complexity index is 807. The van der Waals surface area contributed by atoms with E-state index in [0.717, 1.165) is 0 Å². The smallest absolute Gasteiger partial charge is 0.255 e. The quantitative estimate of drug-likeness (QED) is 0.549. The Morgan fingerprint density at radius 1 is 1.19 bits per heavy atom. The van der Waals surface area contributed by atoms with Gasteiger partial charge in [0.2, 0.25) is 5.91 Å². The molecule has 0 unspecified atom stereocenters. The topological polar surface area (TPSA) is 103 Å². The predicted octanol–water partition coefficient (Wildman–Crippen LogP) is 1.39. The normalized spacial score (nSPS) is 10.5. The van der Waals surface area contributed by atoms with Crippen LogP contribution in [0, 0.1) is 5.82 Å². The average Bonchev–Trinajstić information content (AvgIpc) is 2.62. The molecule has 0 radical (unpaired) electrons. The first-order chi connectivity index (χ1) is 12.5. The van der Waals surface area contributed by atoms with Crippen LogP contribution in [0.4, 0.5) is 4.39 Å². The number of nitrogens with two attached hydrogens (primary N) is 1. The lowest BCUT2D eigenvalue weighted by atomic mass is 10.1. The molecule has 136 valence electrons. The molecule has 0 atom stereocenters. The van der Waals surface area contributed by atoms with Crippen LogP contribution in [0.15, 0.2) is 47.6 Å². The number of rotatable bonds is 8. The Balaban J connectivity index is 1.93. The maximum atomic E-state index is 12.8. The third-order valence-electron chi connectivity index (χ3n) is 3.24. The van der Waals surface area contributed by atoms with E-state index in [2.05, 4.69) is 10.5 Å². The maximum absolute atomic E-state index is 12.8. The molecule has 0 aliphatic rings. The van der Waals surface area contributed by atoms with Gasteiger partial charge in [-0.25, -0.2) is 9.82 Å². The summed E-state index contributed by atoms with van der Waals surface area (Å²) >= 11 is 0. The molecular weight excluding hydrogens is 341 g/mol. The van der Waals surface area contributed by atoms with Crippen molar-refractivity contribution in [1.82, 2.24) is 5.43 Å². The molecule has 2 rings (SSSR count). The van der Waals surface area contributed by atoms with Crippen molar-refractivity contribution in [3.63, 3.8) is 0 Å². The van der Waals surface area contributed by atoms with Crippen LogP contribution in [0.3, 0.4) is 0 Å². The van der Waals surface area contributed by atoms with Crippen molar-refractivity contribution >= 4 is 18.0 Å². The molecule has 0 aliphatic heterocycles. The van der Waals surface area contributed by atoms with Crippen LogP contribution < -0.4 is 20.6 Å². The first kappa shape index (κ1) is 18.9. The third-order valence-corrected chi connectivity index (χ3v) is 3.24. The standard InChI is InChI=1S/C18H18FN3O4/c1-25-16-8-13(4-7-15(16)26-11-17(20)23)10-21-22-18(24)9-12-2-5-14(19)6-3-12/h2-8,10H,9,11H2,1H3,(H2,20,23)(H,22,24)/b21-10-. The molecule has 0 aliphatic carbocycles. The minimum Gasteiger partial charge on any atom is -0.493 e. The van der Waals surface area contributed by atoms with Crippen LogP contribution in [-0.2, 0) is 16.0 Å². The van der Waals surface area contributed by atoms with E-state index in [0.29, 0.717) is 22.6 Å². The van der Waals surface area contributed by atoms with E-state index in [1.54, 1.807) is 18.2 Å². The number of hydrazone groups is 1. The van der Waals surface area contributed by atoms with Crippen molar-refractivity contribution in [2.75, 3.05) is 13.7 Å². The molecule has 0 spiro atoms. The molecule has 2 aromatic rings. The van der Waals surface area contributed by atoms with E-state index >= 15 is 0 Å². The summed E-state index contributed by atoms with van der Waals surface area (Å²) < 4.78 is 23.2. The number of ether oxygens (including phenoxy) is 2. The molecule has 0 bridgehead atoms. The number of amides is 2. The van der Waals surface area contributed by atoms with Crippen molar-refractivity contribution in [2.45, 2.75) is 6.42 Å². The van der Waals surface area contributed by atoms with E-state index in [1.807, 2.05) is 0 Å². The van der Waals surface area contributed by atoms with Crippen LogP contribution in [0.25, 0.3) is 0 Å². The highest BCUT2D eigenvalue weighted by Crippen LogP contribution is 2.27. The number of nitrogens with zero attached hydrogens (tertiary/aromatic N) is 1. The van der Waals surface area contributed by atoms with Gasteiger partial charge < -0.3 is 15.2 Å². The molecule has 2 aromatic carbocycles. The number of carbonyl (C=O) groups excluding carboxylic acids is 2. The summed E-state index contributed by atoms with van der Waals surface area (Å²) in [5.74, 6) is -0.524. The molecule has 3 N–H and O–H groups in total. The monoisotopic (exact) mass is 359 g/mol. The Kier molecular flexibility index (Phi) is 6.67. The molecule has 0 saturated carbocycles. The van der Waals surface area contributed by atoms with E-state index in [9.17, 15) is 14.0 Å². The third kappa shape index (κ3) is 5.90. The number of primary amides is 1. The van der Waals surface area contributed by atoms with E-state index < -0.39 is 5.91 Å². The molecule has 2 amide bonds. The van der Waals surface area contributed by atoms with Crippen LogP contribution in [0.5, 0.6) is 11.5 Å². The number of benzene rings is 2. The lowest BCUT2D eigenvalue weighted by Crippen LogP contribution is -2.20. The largest absolute Gasteiger partial charge is 0.493 e. The molecule has 8 heteroatoms. The molecule has 0 heterocycles. The molecule has 26 heavy (non-hydrogen) atoms. The van der Waals surface area contributed by atoms with Crippen LogP contribution in [-0.4, -0.2) is 31.7 Å². The first-order valence-corrected chi connectivity index (χ1v) is 7.63. The van der Waals surface area contributed by atoms with Gasteiger partial charge in [-0.05, 0) is 41.5 Å². The molecule has 0 aromatic heterocycles. The number of nitrogens with one attached hydrogen (secondary N) is 1. The second kappa shape index (κ2) is 9.16. The SMILES string of the molecule is COc1cc(/C=N\NC(=O)Cc2ccc(F)cc2)ccc1OCC(N)=O. The second-order valence-electron chi connectivity index (χ2n) is 5.26. The van der Waals surface area contributed by atoms with Gasteiger partial charge in [-0.1, -0.05) is 12.1 Å². The predicted molar refractivity (Wildman–Crippen MR) is 93.5 cm³/mol. The molecule has 0 saturated heterocycles. The highest BCUT2D eigenvalue weighted by molar-refractivity contribution is 5.84. The minimum absolute atomic E-state index is 0.0842. The van der Waals surface area contributed by atoms with E-state index in [4.69, 9.17) is 15.2 Å². The van der Waals surface area contributed by atoms with Gasteiger partial charge in [-0.2, -0.15) is 5.10 Å². The van der Waals surface area contributed by atoms with Crippen molar-refractivity contribution in [2.24, 2.45) is 10.8 Å². The number of carbonyl (C=O) groups is 2. The Hall–Kier alpha value is -3.42. The number of hydrogen-bond donors (Lipinski definition) is 2. The number of halogens is 1. The summed E-state index contributed by atoms with van der Waals surface area (Å²) in [5, 5.41) is 3.87. The summed E-state index contributed by atoms with van der Waals surface area (Å²) in [7, 11) is 1.46. The van der Waals surface area contributed by atoms with Gasteiger partial charge in [0, 0.05) is 0 Å². The van der Waals surface area contributed by atoms with Crippen molar-refractivity contribution < 1.29 is 23.5 Å². The fourth-order valence-corrected chi connectivity index (χ4v) is 2.04. The minimum atomic E-state index is -0.596. The van der Waals surface area contributed by atoms with E-state index in [1.165, 1.54) is 37.6 Å². The summed E-state index contributed by atoms with van der Waals surface area (Å²) in [6, 6.07) is 10.6. The van der Waals surface area contributed by atoms with Gasteiger partial charge in [0.25, 0.3) is 5.91 Å². The van der Waals surface area contributed by atoms with Crippen LogP contribution in [0.2, 0.25) is 0 Å². The zero-order valence-corrected chi connectivity index (χ0v) is 14.1. The zero-order valence-electron chi connectivity index (χ0n) is 14.1. The van der Waals surface area contributed by atoms with Crippen molar-refractivity contribution in [3.05, 3.63) is 59.4 Å². The second-order valence-corrected chi connectivity index (χ2v) is 5.26. The summed E-state index contributed by atoms with van der Waals surface area (Å²) in [4.78, 5) is 22.6. The Labute approximate surface area is 149 Å². The van der Waals surface area contributed by atoms with Crippen LogP contribution in [0.1, 0.15) is 11.1 Å². The highest BCUT2D eigenvalue weighted by Gasteiger charge is 2.07. The maximum Gasteiger partial charge on any atom is 0.255 e. The van der Waals surface area contributed by atoms with Gasteiger partial charge in [0.05, 0.1) is 19.7 Å². The summed E-state index contributed by atoms with van der Waals surface area (Å²) in [6.45, 7) is -0.261. The molecule has 7 nitrogen and oxygen atoms in total. The van der Waals surface area contributed by atoms with Gasteiger partial charge >= 0.3 is 0 Å². The molecule has 0 fully saturated rings. The van der Waals surface area contributed by atoms with Gasteiger partial charge in [0.15, 0.2) is 18.1 Å². The Morgan fingerprint density at radius 3 is 2.58 bits per heavy atom. The number of methoxy groups -OCH3 is 1. The number of hydrogen-bond acceptors (Lipinski definition) is 5. The lowest BCUT2D eigenvalue weighted by molar-refractivity contribution is -0.121. The van der Waals surface area contributed by atoms with Gasteiger partial charge in [-0.15, -0.1) is 0 Å². The summed E-state index contributed by atoms with van der Waals surface area (Å²) in [5.41, 5.74) is 8.75. The first-order valence-electron chi connectivity index (χ1n) is 7.63. The average molecular weight is 359 g/mol. The van der Waals surface area contributed by atoms with Gasteiger partial charge in [-0.3, -0.25) is 9.59 Å². The van der Waals surface area contributed by atoms with Crippen LogP contribution >= 0.6 is 0 Å². The fourth-order valence-electron chi connectivity index (χ4n) is 2.04. The fraction of sp³-hybridized carbons (Fsp3) is 0.167. The summed E-state index contributed by atoms with van der Waals surface area (Å²) in [6.07, 6.45) is 1.52. The lowest BCUT2D eigenvalue weighted by Gasteiger charge is -2.09. The Morgan fingerprint density at radius 2 is 1.92 bits per heavy atom. The zero-order chi connectivity index (χ0) is 18.9. The van der Waals surface area contributed by atoms with E-state index in [-0.39, 0.29) is 24.8 Å². The van der Waals surface area contributed by atoms with Crippen molar-refractivity contribution in [3.8, 4) is 11.5 Å².